The molecule has 2 aromatic carbocycles. The van der Waals surface area contributed by atoms with Crippen molar-refractivity contribution in [3.05, 3.63) is 93.4 Å². The van der Waals surface area contributed by atoms with E-state index in [0.717, 1.165) is 5.56 Å². The maximum Gasteiger partial charge on any atom is 0.289 e. The minimum absolute atomic E-state index is 0.00467. The first-order valence-electron chi connectivity index (χ1n) is 10.3. The number of nitro benzene ring substituents is 1. The number of carbonyl (C=O) groups is 2. The van der Waals surface area contributed by atoms with Gasteiger partial charge in [0.15, 0.2) is 5.76 Å². The van der Waals surface area contributed by atoms with Crippen LogP contribution in [-0.2, 0) is 4.79 Å². The number of benzene rings is 2. The SMILES string of the molecule is O=C(Nc1ccc(Cl)c([N+](=O)[O-])c1)C(c1ccccc1)N1CCN(C(=O)c2ccco2)CC1. The molecule has 1 saturated heterocycles. The lowest BCUT2D eigenvalue weighted by Crippen LogP contribution is -2.51. The summed E-state index contributed by atoms with van der Waals surface area (Å²) in [5.74, 6) is -0.234. The molecule has 0 aliphatic carbocycles. The summed E-state index contributed by atoms with van der Waals surface area (Å²) >= 11 is 5.88. The molecule has 4 rings (SSSR count). The van der Waals surface area contributed by atoms with Gasteiger partial charge in [-0.15, -0.1) is 0 Å². The van der Waals surface area contributed by atoms with Crippen molar-refractivity contribution in [2.24, 2.45) is 0 Å². The van der Waals surface area contributed by atoms with Crippen molar-refractivity contribution in [1.82, 2.24) is 9.80 Å². The van der Waals surface area contributed by atoms with E-state index in [4.69, 9.17) is 16.0 Å². The number of hydrogen-bond donors (Lipinski definition) is 1. The minimum atomic E-state index is -0.637. The van der Waals surface area contributed by atoms with E-state index in [1.54, 1.807) is 17.0 Å². The third kappa shape index (κ3) is 5.05. The zero-order chi connectivity index (χ0) is 23.4. The third-order valence-corrected chi connectivity index (χ3v) is 5.79. The molecule has 1 aromatic heterocycles. The Morgan fingerprint density at radius 3 is 2.39 bits per heavy atom. The Balaban J connectivity index is 1.52. The molecule has 1 N–H and O–H groups in total. The van der Waals surface area contributed by atoms with Crippen LogP contribution in [0.5, 0.6) is 0 Å². The van der Waals surface area contributed by atoms with Crippen LogP contribution < -0.4 is 5.32 Å². The van der Waals surface area contributed by atoms with Crippen LogP contribution in [-0.4, -0.2) is 52.7 Å². The number of rotatable bonds is 6. The summed E-state index contributed by atoms with van der Waals surface area (Å²) in [6, 6.07) is 16.1. The van der Waals surface area contributed by atoms with Gasteiger partial charge < -0.3 is 14.6 Å². The van der Waals surface area contributed by atoms with Gasteiger partial charge in [-0.25, -0.2) is 0 Å². The number of nitrogens with zero attached hydrogens (tertiary/aromatic N) is 3. The molecule has 9 nitrogen and oxygen atoms in total. The van der Waals surface area contributed by atoms with Crippen LogP contribution in [0.4, 0.5) is 11.4 Å². The van der Waals surface area contributed by atoms with Crippen LogP contribution in [0.25, 0.3) is 0 Å². The van der Waals surface area contributed by atoms with Gasteiger partial charge in [0.2, 0.25) is 5.91 Å². The van der Waals surface area contributed by atoms with Crippen LogP contribution >= 0.6 is 11.6 Å². The Morgan fingerprint density at radius 2 is 1.76 bits per heavy atom. The molecule has 10 heteroatoms. The van der Waals surface area contributed by atoms with Crippen molar-refractivity contribution in [2.75, 3.05) is 31.5 Å². The van der Waals surface area contributed by atoms with Gasteiger partial charge >= 0.3 is 0 Å². The van der Waals surface area contributed by atoms with Crippen molar-refractivity contribution in [3.8, 4) is 0 Å². The fourth-order valence-electron chi connectivity index (χ4n) is 3.84. The summed E-state index contributed by atoms with van der Waals surface area (Å²) in [5.41, 5.74) is 0.781. The van der Waals surface area contributed by atoms with Crippen molar-refractivity contribution in [2.45, 2.75) is 6.04 Å². The van der Waals surface area contributed by atoms with Gasteiger partial charge in [-0.1, -0.05) is 41.9 Å². The van der Waals surface area contributed by atoms with Crippen LogP contribution in [0.2, 0.25) is 5.02 Å². The zero-order valence-corrected chi connectivity index (χ0v) is 18.3. The van der Waals surface area contributed by atoms with Crippen LogP contribution in [0.15, 0.2) is 71.3 Å². The van der Waals surface area contributed by atoms with Gasteiger partial charge in [0.05, 0.1) is 11.2 Å². The van der Waals surface area contributed by atoms with E-state index in [1.165, 1.54) is 24.5 Å². The molecule has 3 aromatic rings. The highest BCUT2D eigenvalue weighted by Crippen LogP contribution is 2.29. The van der Waals surface area contributed by atoms with E-state index in [1.807, 2.05) is 35.2 Å². The molecule has 0 saturated carbocycles. The molecule has 33 heavy (non-hydrogen) atoms. The van der Waals surface area contributed by atoms with E-state index in [0.29, 0.717) is 26.2 Å². The van der Waals surface area contributed by atoms with E-state index < -0.39 is 11.0 Å². The third-order valence-electron chi connectivity index (χ3n) is 5.47. The van der Waals surface area contributed by atoms with Gasteiger partial charge in [-0.05, 0) is 29.8 Å². The Morgan fingerprint density at radius 1 is 1.03 bits per heavy atom. The highest BCUT2D eigenvalue weighted by molar-refractivity contribution is 6.32. The molecule has 2 amide bonds. The summed E-state index contributed by atoms with van der Waals surface area (Å²) in [6.07, 6.45) is 1.46. The van der Waals surface area contributed by atoms with E-state index in [2.05, 4.69) is 5.32 Å². The second kappa shape index (κ2) is 9.85. The molecule has 1 unspecified atom stereocenters. The number of amides is 2. The van der Waals surface area contributed by atoms with E-state index in [-0.39, 0.29) is 34.0 Å². The Bertz CT molecular complexity index is 1140. The molecule has 2 heterocycles. The van der Waals surface area contributed by atoms with Gasteiger partial charge in [0.1, 0.15) is 11.1 Å². The first-order chi connectivity index (χ1) is 15.9. The molecular formula is C23H21ClN4O5. The Kier molecular flexibility index (Phi) is 6.71. The zero-order valence-electron chi connectivity index (χ0n) is 17.5. The highest BCUT2D eigenvalue weighted by Gasteiger charge is 2.32. The number of piperazine rings is 1. The molecule has 1 fully saturated rings. The number of nitrogens with one attached hydrogen (secondary N) is 1. The summed E-state index contributed by atoms with van der Waals surface area (Å²) < 4.78 is 5.21. The maximum atomic E-state index is 13.3. The fraction of sp³-hybridized carbons (Fsp3) is 0.217. The second-order valence-corrected chi connectivity index (χ2v) is 7.94. The summed E-state index contributed by atoms with van der Waals surface area (Å²) in [5, 5.41) is 14.0. The number of furan rings is 1. The number of hydrogen-bond acceptors (Lipinski definition) is 6. The summed E-state index contributed by atoms with van der Waals surface area (Å²) in [6.45, 7) is 1.81. The molecule has 0 spiro atoms. The molecular weight excluding hydrogens is 448 g/mol. The number of nitro groups is 1. The quantitative estimate of drug-likeness (QED) is 0.433. The van der Waals surface area contributed by atoms with Gasteiger partial charge in [-0.2, -0.15) is 0 Å². The largest absolute Gasteiger partial charge is 0.459 e. The maximum absolute atomic E-state index is 13.3. The topological polar surface area (TPSA) is 109 Å². The number of anilines is 1. The molecule has 170 valence electrons. The van der Waals surface area contributed by atoms with Crippen molar-refractivity contribution >= 4 is 34.8 Å². The van der Waals surface area contributed by atoms with E-state index in [9.17, 15) is 19.7 Å². The van der Waals surface area contributed by atoms with Gasteiger partial charge in [0, 0.05) is 37.9 Å². The molecule has 0 radical (unpaired) electrons. The fourth-order valence-corrected chi connectivity index (χ4v) is 4.03. The van der Waals surface area contributed by atoms with Crippen molar-refractivity contribution in [3.63, 3.8) is 0 Å². The molecule has 1 aliphatic rings. The van der Waals surface area contributed by atoms with Crippen LogP contribution in [0, 0.1) is 10.1 Å². The lowest BCUT2D eigenvalue weighted by molar-refractivity contribution is -0.384. The first-order valence-corrected chi connectivity index (χ1v) is 10.7. The average Bonchev–Trinajstić information content (AvgIpc) is 3.36. The highest BCUT2D eigenvalue weighted by atomic mass is 35.5. The van der Waals surface area contributed by atoms with Gasteiger partial charge in [-0.3, -0.25) is 24.6 Å². The molecule has 1 aliphatic heterocycles. The summed E-state index contributed by atoms with van der Waals surface area (Å²) in [4.78, 5) is 40.2. The monoisotopic (exact) mass is 468 g/mol. The van der Waals surface area contributed by atoms with Crippen molar-refractivity contribution in [1.29, 1.82) is 0 Å². The number of carbonyl (C=O) groups excluding carboxylic acids is 2. The summed E-state index contributed by atoms with van der Waals surface area (Å²) in [7, 11) is 0. The number of halogens is 1. The normalized spacial score (nSPS) is 15.1. The first kappa shape index (κ1) is 22.5. The Labute approximate surface area is 194 Å². The van der Waals surface area contributed by atoms with E-state index >= 15 is 0 Å². The lowest BCUT2D eigenvalue weighted by atomic mass is 10.0. The predicted octanol–water partition coefficient (Wildman–Crippen LogP) is 3.98. The average molecular weight is 469 g/mol. The van der Waals surface area contributed by atoms with Gasteiger partial charge in [0.25, 0.3) is 11.6 Å². The molecule has 0 bridgehead atoms. The van der Waals surface area contributed by atoms with Crippen LogP contribution in [0.3, 0.4) is 0 Å². The smallest absolute Gasteiger partial charge is 0.289 e. The van der Waals surface area contributed by atoms with Crippen molar-refractivity contribution < 1.29 is 18.9 Å². The standard InChI is InChI=1S/C23H21ClN4O5/c24-18-9-8-17(15-19(18)28(31)32)25-22(29)21(16-5-2-1-3-6-16)26-10-12-27(13-11-26)23(30)20-7-4-14-33-20/h1-9,14-15,21H,10-13H2,(H,25,29). The molecule has 1 atom stereocenters. The van der Waals surface area contributed by atoms with Crippen LogP contribution in [0.1, 0.15) is 22.2 Å². The minimum Gasteiger partial charge on any atom is -0.459 e. The lowest BCUT2D eigenvalue weighted by Gasteiger charge is -2.38. The Hall–Kier alpha value is -3.69. The predicted molar refractivity (Wildman–Crippen MR) is 122 cm³/mol. The second-order valence-electron chi connectivity index (χ2n) is 7.53.